The van der Waals surface area contributed by atoms with Crippen molar-refractivity contribution >= 4 is 27.0 Å². The fraction of sp³-hybridized carbons (Fsp3) is 0.286. The number of thiophene rings is 1. The third-order valence-electron chi connectivity index (χ3n) is 2.95. The van der Waals surface area contributed by atoms with Gasteiger partial charge in [-0.25, -0.2) is 13.1 Å². The topological polar surface area (TPSA) is 81.4 Å². The Kier molecular flexibility index (Phi) is 5.22. The van der Waals surface area contributed by atoms with E-state index in [0.717, 1.165) is 10.4 Å². The van der Waals surface area contributed by atoms with Crippen LogP contribution in [0.15, 0.2) is 35.7 Å². The van der Waals surface area contributed by atoms with Crippen molar-refractivity contribution in [2.75, 3.05) is 18.1 Å². The number of hydrogen-bond acceptors (Lipinski definition) is 5. The molecule has 5 nitrogen and oxygen atoms in total. The molecule has 0 aliphatic heterocycles. The van der Waals surface area contributed by atoms with Gasteiger partial charge in [-0.1, -0.05) is 12.1 Å². The predicted octanol–water partition coefficient (Wildman–Crippen LogP) is 2.14. The summed E-state index contributed by atoms with van der Waals surface area (Å²) in [7, 11) is -3.37. The molecule has 1 heterocycles. The normalized spacial score (nSPS) is 11.5. The van der Waals surface area contributed by atoms with E-state index in [1.807, 2.05) is 18.4 Å². The highest BCUT2D eigenvalue weighted by molar-refractivity contribution is 7.89. The Labute approximate surface area is 128 Å². The minimum Gasteiger partial charge on any atom is -0.490 e. The molecular formula is C14H18N2O3S2. The first kappa shape index (κ1) is 15.8. The molecule has 0 saturated heterocycles. The van der Waals surface area contributed by atoms with Crippen LogP contribution in [0.3, 0.4) is 0 Å². The molecule has 3 N–H and O–H groups in total. The van der Waals surface area contributed by atoms with Crippen LogP contribution in [0.1, 0.15) is 10.4 Å². The summed E-state index contributed by atoms with van der Waals surface area (Å²) >= 11 is 1.54. The number of aryl methyl sites for hydroxylation is 1. The van der Waals surface area contributed by atoms with Crippen molar-refractivity contribution in [2.24, 2.45) is 0 Å². The molecule has 0 saturated carbocycles. The number of rotatable bonds is 7. The number of nitrogens with one attached hydrogen (secondary N) is 1. The van der Waals surface area contributed by atoms with Crippen LogP contribution in [-0.4, -0.2) is 20.8 Å². The van der Waals surface area contributed by atoms with E-state index in [4.69, 9.17) is 10.5 Å². The molecule has 21 heavy (non-hydrogen) atoms. The zero-order valence-electron chi connectivity index (χ0n) is 11.7. The summed E-state index contributed by atoms with van der Waals surface area (Å²) in [5, 5.41) is 1.94. The average Bonchev–Trinajstić information content (AvgIpc) is 2.84. The Bertz CT molecular complexity index is 696. The van der Waals surface area contributed by atoms with E-state index < -0.39 is 10.0 Å². The van der Waals surface area contributed by atoms with Gasteiger partial charge in [0.2, 0.25) is 10.0 Å². The second kappa shape index (κ2) is 6.93. The monoisotopic (exact) mass is 326 g/mol. The van der Waals surface area contributed by atoms with Crippen LogP contribution in [-0.2, 0) is 16.6 Å². The largest absolute Gasteiger partial charge is 0.490 e. The maximum absolute atomic E-state index is 11.9. The highest BCUT2D eigenvalue weighted by atomic mass is 32.2. The van der Waals surface area contributed by atoms with Gasteiger partial charge in [-0.3, -0.25) is 0 Å². The molecule has 0 aliphatic carbocycles. The molecule has 0 fully saturated rings. The summed E-state index contributed by atoms with van der Waals surface area (Å²) in [6.07, 6.45) is 0. The van der Waals surface area contributed by atoms with Gasteiger partial charge in [0.25, 0.3) is 0 Å². The summed E-state index contributed by atoms with van der Waals surface area (Å²) in [5.74, 6) is 0.396. The number of nitrogens with two attached hydrogens (primary N) is 1. The molecular weight excluding hydrogens is 308 g/mol. The summed E-state index contributed by atoms with van der Waals surface area (Å²) in [4.78, 5) is 1.02. The van der Waals surface area contributed by atoms with Crippen LogP contribution in [0.4, 0.5) is 5.69 Å². The average molecular weight is 326 g/mol. The molecule has 2 rings (SSSR count). The lowest BCUT2D eigenvalue weighted by atomic mass is 10.3. The second-order valence-corrected chi connectivity index (χ2v) is 7.48. The van der Waals surface area contributed by atoms with Gasteiger partial charge in [0, 0.05) is 11.4 Å². The smallest absolute Gasteiger partial charge is 0.215 e. The minimum absolute atomic E-state index is 0.0625. The predicted molar refractivity (Wildman–Crippen MR) is 86.0 cm³/mol. The molecule has 1 aromatic heterocycles. The van der Waals surface area contributed by atoms with E-state index in [9.17, 15) is 8.42 Å². The number of para-hydroxylation sites is 2. The zero-order valence-corrected chi connectivity index (χ0v) is 13.3. The lowest BCUT2D eigenvalue weighted by molar-refractivity contribution is 0.342. The molecule has 114 valence electrons. The Morgan fingerprint density at radius 2 is 2.05 bits per heavy atom. The van der Waals surface area contributed by atoms with Gasteiger partial charge in [-0.2, -0.15) is 0 Å². The molecule has 0 amide bonds. The molecule has 1 aromatic carbocycles. The van der Waals surface area contributed by atoms with Crippen molar-refractivity contribution in [3.05, 3.63) is 46.2 Å². The third kappa shape index (κ3) is 4.73. The van der Waals surface area contributed by atoms with Crippen LogP contribution in [0.5, 0.6) is 5.75 Å². The van der Waals surface area contributed by atoms with Crippen LogP contribution in [0, 0.1) is 6.92 Å². The van der Waals surface area contributed by atoms with Gasteiger partial charge >= 0.3 is 0 Å². The molecule has 0 bridgehead atoms. The Morgan fingerprint density at radius 1 is 1.29 bits per heavy atom. The number of benzene rings is 1. The van der Waals surface area contributed by atoms with Crippen LogP contribution < -0.4 is 15.2 Å². The molecule has 0 spiro atoms. The molecule has 0 aliphatic rings. The van der Waals surface area contributed by atoms with Crippen molar-refractivity contribution in [3.63, 3.8) is 0 Å². The molecule has 0 radical (unpaired) electrons. The third-order valence-corrected chi connectivity index (χ3v) is 5.26. The van der Waals surface area contributed by atoms with E-state index in [1.54, 1.807) is 24.3 Å². The first-order valence-electron chi connectivity index (χ1n) is 6.45. The van der Waals surface area contributed by atoms with Gasteiger partial charge < -0.3 is 10.5 Å². The maximum Gasteiger partial charge on any atom is 0.215 e. The molecule has 7 heteroatoms. The lowest BCUT2D eigenvalue weighted by Crippen LogP contribution is -2.28. The zero-order chi connectivity index (χ0) is 15.3. The fourth-order valence-corrected chi connectivity index (χ4v) is 3.45. The van der Waals surface area contributed by atoms with Crippen molar-refractivity contribution < 1.29 is 13.2 Å². The van der Waals surface area contributed by atoms with E-state index >= 15 is 0 Å². The van der Waals surface area contributed by atoms with Gasteiger partial charge in [0.1, 0.15) is 12.4 Å². The molecule has 0 unspecified atom stereocenters. The highest BCUT2D eigenvalue weighted by Gasteiger charge is 2.12. The Balaban J connectivity index is 1.82. The number of hydrogen-bond donors (Lipinski definition) is 2. The summed E-state index contributed by atoms with van der Waals surface area (Å²) < 4.78 is 31.8. The Hall–Kier alpha value is -1.57. The van der Waals surface area contributed by atoms with Crippen LogP contribution >= 0.6 is 11.3 Å². The highest BCUT2D eigenvalue weighted by Crippen LogP contribution is 2.19. The van der Waals surface area contributed by atoms with Crippen LogP contribution in [0.25, 0.3) is 0 Å². The van der Waals surface area contributed by atoms with E-state index in [1.165, 1.54) is 11.3 Å². The fourth-order valence-electron chi connectivity index (χ4n) is 1.71. The summed E-state index contributed by atoms with van der Waals surface area (Å²) in [6, 6.07) is 8.98. The van der Waals surface area contributed by atoms with Gasteiger partial charge in [-0.05, 0) is 36.1 Å². The van der Waals surface area contributed by atoms with Gasteiger partial charge in [0.05, 0.1) is 11.4 Å². The van der Waals surface area contributed by atoms with E-state index in [2.05, 4.69) is 4.72 Å². The maximum atomic E-state index is 11.9. The number of sulfonamides is 1. The number of anilines is 1. The number of nitrogen functional groups attached to an aromatic ring is 1. The second-order valence-electron chi connectivity index (χ2n) is 4.55. The Morgan fingerprint density at radius 3 is 2.71 bits per heavy atom. The van der Waals surface area contributed by atoms with Crippen LogP contribution in [0.2, 0.25) is 0 Å². The SMILES string of the molecule is Cc1ccsc1CNS(=O)(=O)CCOc1ccccc1N. The summed E-state index contributed by atoms with van der Waals surface area (Å²) in [5.41, 5.74) is 7.31. The summed E-state index contributed by atoms with van der Waals surface area (Å²) in [6.45, 7) is 2.34. The van der Waals surface area contributed by atoms with Gasteiger partial charge in [0.15, 0.2) is 0 Å². The van der Waals surface area contributed by atoms with Crippen molar-refractivity contribution in [1.82, 2.24) is 4.72 Å². The van der Waals surface area contributed by atoms with Crippen molar-refractivity contribution in [3.8, 4) is 5.75 Å². The first-order valence-corrected chi connectivity index (χ1v) is 8.99. The van der Waals surface area contributed by atoms with Crippen molar-refractivity contribution in [1.29, 1.82) is 0 Å². The molecule has 0 atom stereocenters. The standard InChI is InChI=1S/C14H18N2O3S2/c1-11-6-8-20-14(11)10-16-21(17,18)9-7-19-13-5-3-2-4-12(13)15/h2-6,8,16H,7,9-10,15H2,1H3. The first-order chi connectivity index (χ1) is 9.98. The quantitative estimate of drug-likeness (QED) is 0.764. The minimum atomic E-state index is -3.37. The lowest BCUT2D eigenvalue weighted by Gasteiger charge is -2.09. The molecule has 2 aromatic rings. The van der Waals surface area contributed by atoms with E-state index in [0.29, 0.717) is 18.0 Å². The number of ether oxygens (including phenoxy) is 1. The van der Waals surface area contributed by atoms with E-state index in [-0.39, 0.29) is 12.4 Å². The van der Waals surface area contributed by atoms with Gasteiger partial charge in [-0.15, -0.1) is 11.3 Å². The van der Waals surface area contributed by atoms with Crippen molar-refractivity contribution in [2.45, 2.75) is 13.5 Å².